The molecule has 17 heavy (non-hydrogen) atoms. The number of carbonyl (C=O) groups excluding carboxylic acids is 1. The van der Waals surface area contributed by atoms with E-state index in [1.54, 1.807) is 30.9 Å². The van der Waals surface area contributed by atoms with Gasteiger partial charge in [0.15, 0.2) is 0 Å². The Morgan fingerprint density at radius 2 is 2.35 bits per heavy atom. The molecule has 0 spiro atoms. The zero-order valence-electron chi connectivity index (χ0n) is 9.98. The molecule has 1 aromatic rings. The number of pyridine rings is 1. The largest absolute Gasteiger partial charge is 0.462 e. The van der Waals surface area contributed by atoms with E-state index in [0.29, 0.717) is 24.0 Å². The van der Waals surface area contributed by atoms with Crippen molar-refractivity contribution < 1.29 is 9.53 Å². The summed E-state index contributed by atoms with van der Waals surface area (Å²) in [6.45, 7) is 4.25. The maximum Gasteiger partial charge on any atom is 0.339 e. The third kappa shape index (κ3) is 4.96. The summed E-state index contributed by atoms with van der Waals surface area (Å²) in [7, 11) is 0. The molecule has 0 aromatic carbocycles. The van der Waals surface area contributed by atoms with Crippen LogP contribution in [0.3, 0.4) is 0 Å². The fourth-order valence-electron chi connectivity index (χ4n) is 1.07. The molecule has 0 aliphatic carbocycles. The van der Waals surface area contributed by atoms with Crippen LogP contribution >= 0.6 is 23.4 Å². The van der Waals surface area contributed by atoms with Crippen LogP contribution in [0.5, 0.6) is 0 Å². The molecule has 1 rings (SSSR count). The number of esters is 1. The molecule has 0 N–H and O–H groups in total. The van der Waals surface area contributed by atoms with E-state index in [0.717, 1.165) is 10.8 Å². The lowest BCUT2D eigenvalue weighted by atomic mass is 10.3. The van der Waals surface area contributed by atoms with Gasteiger partial charge in [-0.25, -0.2) is 9.78 Å². The Kier molecular flexibility index (Phi) is 6.37. The number of rotatable bonds is 6. The Labute approximate surface area is 111 Å². The van der Waals surface area contributed by atoms with Gasteiger partial charge in [0.05, 0.1) is 17.2 Å². The van der Waals surface area contributed by atoms with Crippen molar-refractivity contribution in [1.82, 2.24) is 4.98 Å². The highest BCUT2D eigenvalue weighted by Crippen LogP contribution is 2.19. The smallest absolute Gasteiger partial charge is 0.339 e. The average Bonchev–Trinajstić information content (AvgIpc) is 2.36. The second-order valence-corrected chi connectivity index (χ2v) is 5.02. The molecule has 0 aliphatic rings. The van der Waals surface area contributed by atoms with Crippen LogP contribution in [0.2, 0.25) is 0 Å². The topological polar surface area (TPSA) is 39.2 Å². The average molecular weight is 274 g/mol. The second kappa shape index (κ2) is 7.56. The van der Waals surface area contributed by atoms with Crippen molar-refractivity contribution in [2.24, 2.45) is 5.92 Å². The number of carbonyl (C=O) groups is 1. The Morgan fingerprint density at radius 3 is 2.88 bits per heavy atom. The Balaban J connectivity index is 2.53. The quantitative estimate of drug-likeness (QED) is 0.453. The van der Waals surface area contributed by atoms with Gasteiger partial charge in [-0.05, 0) is 25.0 Å². The van der Waals surface area contributed by atoms with Gasteiger partial charge in [-0.1, -0.05) is 6.92 Å². The first-order valence-electron chi connectivity index (χ1n) is 5.49. The van der Waals surface area contributed by atoms with E-state index < -0.39 is 0 Å². The van der Waals surface area contributed by atoms with E-state index in [4.69, 9.17) is 16.3 Å². The molecule has 0 bridgehead atoms. The lowest BCUT2D eigenvalue weighted by Crippen LogP contribution is -2.05. The molecule has 3 nitrogen and oxygen atoms in total. The zero-order valence-corrected chi connectivity index (χ0v) is 11.6. The summed E-state index contributed by atoms with van der Waals surface area (Å²) in [6, 6.07) is 3.57. The van der Waals surface area contributed by atoms with Gasteiger partial charge in [0.1, 0.15) is 0 Å². The first-order valence-corrected chi connectivity index (χ1v) is 7.01. The van der Waals surface area contributed by atoms with E-state index in [2.05, 4.69) is 11.9 Å². The van der Waals surface area contributed by atoms with E-state index in [1.807, 2.05) is 6.07 Å². The first-order chi connectivity index (χ1) is 8.17. The molecule has 1 atom stereocenters. The van der Waals surface area contributed by atoms with Crippen molar-refractivity contribution in [1.29, 1.82) is 0 Å². The van der Waals surface area contributed by atoms with E-state index in [9.17, 15) is 4.79 Å². The number of alkyl halides is 1. The summed E-state index contributed by atoms with van der Waals surface area (Å²) in [5.74, 6) is 1.70. The van der Waals surface area contributed by atoms with Gasteiger partial charge >= 0.3 is 5.97 Å². The first kappa shape index (κ1) is 14.3. The molecular formula is C12H16ClNO2S. The monoisotopic (exact) mass is 273 g/mol. The summed E-state index contributed by atoms with van der Waals surface area (Å²) in [4.78, 5) is 15.6. The molecule has 0 amide bonds. The predicted octanol–water partition coefficient (Wildman–Crippen LogP) is 3.23. The minimum Gasteiger partial charge on any atom is -0.462 e. The van der Waals surface area contributed by atoms with Crippen molar-refractivity contribution >= 4 is 29.3 Å². The lowest BCUT2D eigenvalue weighted by Gasteiger charge is -2.06. The van der Waals surface area contributed by atoms with E-state index >= 15 is 0 Å². The third-order valence-electron chi connectivity index (χ3n) is 2.03. The van der Waals surface area contributed by atoms with Gasteiger partial charge in [0, 0.05) is 17.8 Å². The molecule has 0 saturated carbocycles. The van der Waals surface area contributed by atoms with Gasteiger partial charge in [0.2, 0.25) is 0 Å². The minimum atomic E-state index is -0.328. The maximum atomic E-state index is 11.4. The molecule has 1 unspecified atom stereocenters. The number of aromatic nitrogens is 1. The molecule has 0 radical (unpaired) electrons. The van der Waals surface area contributed by atoms with Crippen LogP contribution in [0.4, 0.5) is 0 Å². The number of nitrogens with zero attached hydrogens (tertiary/aromatic N) is 1. The van der Waals surface area contributed by atoms with Crippen LogP contribution in [-0.4, -0.2) is 29.2 Å². The molecule has 0 fully saturated rings. The Morgan fingerprint density at radius 1 is 1.59 bits per heavy atom. The highest BCUT2D eigenvalue weighted by Gasteiger charge is 2.07. The molecule has 94 valence electrons. The van der Waals surface area contributed by atoms with Crippen LogP contribution in [0.25, 0.3) is 0 Å². The van der Waals surface area contributed by atoms with Crippen molar-refractivity contribution in [2.75, 3.05) is 18.2 Å². The molecule has 0 aliphatic heterocycles. The van der Waals surface area contributed by atoms with Crippen molar-refractivity contribution in [3.63, 3.8) is 0 Å². The standard InChI is InChI=1S/C12H16ClNO2S/c1-3-16-12(15)10-4-5-11(14-7-10)17-8-9(2)6-13/h4-5,7,9H,3,6,8H2,1-2H3. The SMILES string of the molecule is CCOC(=O)c1ccc(SCC(C)CCl)nc1. The molecular weight excluding hydrogens is 258 g/mol. The summed E-state index contributed by atoms with van der Waals surface area (Å²) in [5.41, 5.74) is 0.488. The van der Waals surface area contributed by atoms with Crippen LogP contribution < -0.4 is 0 Å². The fraction of sp³-hybridized carbons (Fsp3) is 0.500. The summed E-state index contributed by atoms with van der Waals surface area (Å²) in [6.07, 6.45) is 1.55. The van der Waals surface area contributed by atoms with Crippen molar-refractivity contribution in [3.8, 4) is 0 Å². The van der Waals surface area contributed by atoms with Crippen LogP contribution in [-0.2, 0) is 4.74 Å². The summed E-state index contributed by atoms with van der Waals surface area (Å²) >= 11 is 7.36. The molecule has 1 heterocycles. The molecule has 5 heteroatoms. The highest BCUT2D eigenvalue weighted by atomic mass is 35.5. The van der Waals surface area contributed by atoms with Crippen LogP contribution in [0.1, 0.15) is 24.2 Å². The van der Waals surface area contributed by atoms with Gasteiger partial charge < -0.3 is 4.74 Å². The van der Waals surface area contributed by atoms with Gasteiger partial charge in [-0.3, -0.25) is 0 Å². The number of hydrogen-bond donors (Lipinski definition) is 0. The minimum absolute atomic E-state index is 0.328. The predicted molar refractivity (Wildman–Crippen MR) is 70.8 cm³/mol. The van der Waals surface area contributed by atoms with Crippen LogP contribution in [0, 0.1) is 5.92 Å². The van der Waals surface area contributed by atoms with E-state index in [-0.39, 0.29) is 5.97 Å². The normalized spacial score (nSPS) is 12.2. The maximum absolute atomic E-state index is 11.4. The fourth-order valence-corrected chi connectivity index (χ4v) is 2.18. The highest BCUT2D eigenvalue weighted by molar-refractivity contribution is 7.99. The zero-order chi connectivity index (χ0) is 12.7. The van der Waals surface area contributed by atoms with Gasteiger partial charge in [-0.15, -0.1) is 23.4 Å². The van der Waals surface area contributed by atoms with Crippen molar-refractivity contribution in [2.45, 2.75) is 18.9 Å². The van der Waals surface area contributed by atoms with E-state index in [1.165, 1.54) is 0 Å². The number of halogens is 1. The number of thioether (sulfide) groups is 1. The summed E-state index contributed by atoms with van der Waals surface area (Å²) < 4.78 is 4.88. The number of ether oxygens (including phenoxy) is 1. The molecule has 1 aromatic heterocycles. The van der Waals surface area contributed by atoms with Gasteiger partial charge in [0.25, 0.3) is 0 Å². The second-order valence-electron chi connectivity index (χ2n) is 3.68. The van der Waals surface area contributed by atoms with Gasteiger partial charge in [-0.2, -0.15) is 0 Å². The number of hydrogen-bond acceptors (Lipinski definition) is 4. The van der Waals surface area contributed by atoms with Crippen molar-refractivity contribution in [3.05, 3.63) is 23.9 Å². The Bertz CT molecular complexity index is 356. The lowest BCUT2D eigenvalue weighted by molar-refractivity contribution is 0.0525. The third-order valence-corrected chi connectivity index (χ3v) is 3.83. The molecule has 0 saturated heterocycles. The van der Waals surface area contributed by atoms with Crippen LogP contribution in [0.15, 0.2) is 23.4 Å². The summed E-state index contributed by atoms with van der Waals surface area (Å²) in [5, 5.41) is 0.898. The Hall–Kier alpha value is -0.740.